The number of carbonyl (C=O) groups is 1. The lowest BCUT2D eigenvalue weighted by Gasteiger charge is -2.15. The SMILES string of the molecule is Nc1c(NNC(=O)c2ccccc2)ncnc1Nc1ccc(Cl)c(C(F)(F)F)c1. The molecule has 0 fully saturated rings. The molecule has 1 amide bonds. The number of carbonyl (C=O) groups excluding carboxylic acids is 1. The third kappa shape index (κ3) is 4.85. The smallest absolute Gasteiger partial charge is 0.393 e. The first-order chi connectivity index (χ1) is 13.8. The predicted octanol–water partition coefficient (Wildman–Crippen LogP) is 4.23. The van der Waals surface area contributed by atoms with Gasteiger partial charge in [0, 0.05) is 11.3 Å². The quantitative estimate of drug-likeness (QED) is 0.459. The number of nitrogens with zero attached hydrogens (tertiary/aromatic N) is 2. The summed E-state index contributed by atoms with van der Waals surface area (Å²) in [6, 6.07) is 11.7. The van der Waals surface area contributed by atoms with Gasteiger partial charge in [0.05, 0.1) is 10.6 Å². The molecule has 0 atom stereocenters. The maximum Gasteiger partial charge on any atom is 0.417 e. The first-order valence-corrected chi connectivity index (χ1v) is 8.49. The van der Waals surface area contributed by atoms with Gasteiger partial charge in [0.2, 0.25) is 0 Å². The van der Waals surface area contributed by atoms with Crippen molar-refractivity contribution in [1.29, 1.82) is 0 Å². The molecule has 0 aliphatic rings. The van der Waals surface area contributed by atoms with Crippen LogP contribution in [0.15, 0.2) is 54.9 Å². The summed E-state index contributed by atoms with van der Waals surface area (Å²) in [5, 5.41) is 2.26. The number of halogens is 4. The third-order valence-corrected chi connectivity index (χ3v) is 4.08. The molecule has 0 saturated heterocycles. The summed E-state index contributed by atoms with van der Waals surface area (Å²) in [5.74, 6) is -0.311. The van der Waals surface area contributed by atoms with Crippen LogP contribution in [0.3, 0.4) is 0 Å². The van der Waals surface area contributed by atoms with Crippen LogP contribution in [0.4, 0.5) is 36.2 Å². The van der Waals surface area contributed by atoms with Gasteiger partial charge in [-0.15, -0.1) is 0 Å². The van der Waals surface area contributed by atoms with Crippen LogP contribution in [0.5, 0.6) is 0 Å². The topological polar surface area (TPSA) is 105 Å². The van der Waals surface area contributed by atoms with Gasteiger partial charge in [-0.1, -0.05) is 29.8 Å². The van der Waals surface area contributed by atoms with Gasteiger partial charge in [-0.05, 0) is 30.3 Å². The van der Waals surface area contributed by atoms with Gasteiger partial charge >= 0.3 is 6.18 Å². The largest absolute Gasteiger partial charge is 0.417 e. The van der Waals surface area contributed by atoms with E-state index in [0.29, 0.717) is 5.56 Å². The van der Waals surface area contributed by atoms with Gasteiger partial charge in [-0.25, -0.2) is 9.97 Å². The number of nitrogens with one attached hydrogen (secondary N) is 3. The van der Waals surface area contributed by atoms with Crippen molar-refractivity contribution in [2.45, 2.75) is 6.18 Å². The molecule has 0 saturated carbocycles. The molecule has 1 aromatic heterocycles. The minimum Gasteiger partial charge on any atom is -0.393 e. The lowest BCUT2D eigenvalue weighted by molar-refractivity contribution is -0.137. The molecule has 0 radical (unpaired) electrons. The normalized spacial score (nSPS) is 11.0. The number of hydrazine groups is 1. The van der Waals surface area contributed by atoms with E-state index >= 15 is 0 Å². The number of anilines is 4. The minimum atomic E-state index is -4.61. The standard InChI is InChI=1S/C18H14ClF3N6O/c19-13-7-6-11(8-12(13)18(20,21)22)26-15-14(23)16(25-9-24-15)27-28-17(29)10-4-2-1-3-5-10/h1-9H,23H2,(H,28,29)(H2,24,25,26,27). The summed E-state index contributed by atoms with van der Waals surface area (Å²) in [6.45, 7) is 0. The van der Waals surface area contributed by atoms with E-state index in [1.54, 1.807) is 30.3 Å². The highest BCUT2D eigenvalue weighted by atomic mass is 35.5. The first kappa shape index (κ1) is 20.2. The van der Waals surface area contributed by atoms with Crippen LogP contribution >= 0.6 is 11.6 Å². The van der Waals surface area contributed by atoms with Gasteiger partial charge in [0.15, 0.2) is 11.6 Å². The maximum absolute atomic E-state index is 13.0. The highest BCUT2D eigenvalue weighted by Gasteiger charge is 2.33. The van der Waals surface area contributed by atoms with Crippen molar-refractivity contribution >= 4 is 40.5 Å². The number of hydrogen-bond acceptors (Lipinski definition) is 6. The summed E-state index contributed by atoms with van der Waals surface area (Å²) in [5.41, 5.74) is 10.4. The van der Waals surface area contributed by atoms with Crippen LogP contribution in [0.25, 0.3) is 0 Å². The van der Waals surface area contributed by atoms with Crippen molar-refractivity contribution in [2.24, 2.45) is 0 Å². The second kappa shape index (κ2) is 8.23. The van der Waals surface area contributed by atoms with E-state index in [1.165, 1.54) is 6.07 Å². The Morgan fingerprint density at radius 2 is 1.72 bits per heavy atom. The van der Waals surface area contributed by atoms with E-state index in [0.717, 1.165) is 18.5 Å². The number of rotatable bonds is 5. The van der Waals surface area contributed by atoms with Crippen LogP contribution in [0.2, 0.25) is 5.02 Å². The summed E-state index contributed by atoms with van der Waals surface area (Å²) < 4.78 is 39.0. The second-order valence-electron chi connectivity index (χ2n) is 5.75. The Hall–Kier alpha value is -3.53. The number of nitrogens with two attached hydrogens (primary N) is 1. The Balaban J connectivity index is 1.76. The summed E-state index contributed by atoms with van der Waals surface area (Å²) >= 11 is 5.61. The van der Waals surface area contributed by atoms with E-state index < -0.39 is 22.7 Å². The number of benzene rings is 2. The molecule has 11 heteroatoms. The third-order valence-electron chi connectivity index (χ3n) is 3.75. The van der Waals surface area contributed by atoms with Crippen molar-refractivity contribution in [3.05, 3.63) is 71.0 Å². The lowest BCUT2D eigenvalue weighted by atomic mass is 10.2. The molecule has 2 aromatic carbocycles. The Morgan fingerprint density at radius 1 is 1.03 bits per heavy atom. The fraction of sp³-hybridized carbons (Fsp3) is 0.0556. The zero-order chi connectivity index (χ0) is 21.0. The zero-order valence-electron chi connectivity index (χ0n) is 14.6. The number of aromatic nitrogens is 2. The minimum absolute atomic E-state index is 0.00984. The van der Waals surface area contributed by atoms with E-state index in [-0.39, 0.29) is 23.0 Å². The van der Waals surface area contributed by atoms with Gasteiger partial charge in [0.25, 0.3) is 5.91 Å². The van der Waals surface area contributed by atoms with Crippen LogP contribution in [-0.4, -0.2) is 15.9 Å². The fourth-order valence-corrected chi connectivity index (χ4v) is 2.55. The lowest BCUT2D eigenvalue weighted by Crippen LogP contribution is -2.30. The van der Waals surface area contributed by atoms with Gasteiger partial charge in [-0.3, -0.25) is 15.6 Å². The van der Waals surface area contributed by atoms with E-state index in [1.807, 2.05) is 0 Å². The molecule has 0 aliphatic carbocycles. The average Bonchev–Trinajstić information content (AvgIpc) is 2.69. The van der Waals surface area contributed by atoms with E-state index in [9.17, 15) is 18.0 Å². The summed E-state index contributed by atoms with van der Waals surface area (Å²) in [6.07, 6.45) is -3.48. The van der Waals surface area contributed by atoms with Crippen LogP contribution < -0.4 is 21.9 Å². The zero-order valence-corrected chi connectivity index (χ0v) is 15.3. The molecule has 3 aromatic rings. The van der Waals surface area contributed by atoms with Gasteiger partial charge in [0.1, 0.15) is 12.0 Å². The average molecular weight is 423 g/mol. The highest BCUT2D eigenvalue weighted by Crippen LogP contribution is 2.37. The molecule has 5 N–H and O–H groups in total. The molecular formula is C18H14ClF3N6O. The van der Waals surface area contributed by atoms with Crippen molar-refractivity contribution < 1.29 is 18.0 Å². The Morgan fingerprint density at radius 3 is 2.41 bits per heavy atom. The first-order valence-electron chi connectivity index (χ1n) is 8.11. The molecule has 0 bridgehead atoms. The van der Waals surface area contributed by atoms with Gasteiger partial charge < -0.3 is 11.1 Å². The van der Waals surface area contributed by atoms with Crippen LogP contribution in [0.1, 0.15) is 15.9 Å². The molecule has 0 unspecified atom stereocenters. The molecule has 29 heavy (non-hydrogen) atoms. The monoisotopic (exact) mass is 422 g/mol. The molecule has 0 aliphatic heterocycles. The number of alkyl halides is 3. The molecule has 0 spiro atoms. The van der Waals surface area contributed by atoms with Crippen molar-refractivity contribution in [3.63, 3.8) is 0 Å². The number of amides is 1. The highest BCUT2D eigenvalue weighted by molar-refractivity contribution is 6.31. The van der Waals surface area contributed by atoms with E-state index in [2.05, 4.69) is 26.1 Å². The maximum atomic E-state index is 13.0. The van der Waals surface area contributed by atoms with Crippen LogP contribution in [-0.2, 0) is 6.18 Å². The summed E-state index contributed by atoms with van der Waals surface area (Å²) in [7, 11) is 0. The number of nitrogen functional groups attached to an aromatic ring is 1. The molecule has 3 rings (SSSR count). The van der Waals surface area contributed by atoms with Crippen LogP contribution in [0, 0.1) is 0 Å². The number of hydrogen-bond donors (Lipinski definition) is 4. The van der Waals surface area contributed by atoms with Crippen molar-refractivity contribution in [3.8, 4) is 0 Å². The molecule has 1 heterocycles. The molecule has 150 valence electrons. The Kier molecular flexibility index (Phi) is 5.74. The van der Waals surface area contributed by atoms with Crippen molar-refractivity contribution in [1.82, 2.24) is 15.4 Å². The second-order valence-corrected chi connectivity index (χ2v) is 6.15. The predicted molar refractivity (Wildman–Crippen MR) is 104 cm³/mol. The van der Waals surface area contributed by atoms with Crippen molar-refractivity contribution in [2.75, 3.05) is 16.5 Å². The molecule has 7 nitrogen and oxygen atoms in total. The summed E-state index contributed by atoms with van der Waals surface area (Å²) in [4.78, 5) is 19.9. The Bertz CT molecular complexity index is 1030. The Labute approximate surface area is 168 Å². The van der Waals surface area contributed by atoms with E-state index in [4.69, 9.17) is 17.3 Å². The fourth-order valence-electron chi connectivity index (χ4n) is 2.33. The molecular weight excluding hydrogens is 409 g/mol. The van der Waals surface area contributed by atoms with Gasteiger partial charge in [-0.2, -0.15) is 13.2 Å².